The van der Waals surface area contributed by atoms with E-state index < -0.39 is 0 Å². The van der Waals surface area contributed by atoms with Crippen LogP contribution in [0.2, 0.25) is 0 Å². The second-order valence-corrected chi connectivity index (χ2v) is 5.65. The third-order valence-corrected chi connectivity index (χ3v) is 3.97. The van der Waals surface area contributed by atoms with E-state index in [0.717, 1.165) is 16.6 Å². The van der Waals surface area contributed by atoms with Crippen LogP contribution in [0.3, 0.4) is 0 Å². The van der Waals surface area contributed by atoms with E-state index in [4.69, 9.17) is 0 Å². The first kappa shape index (κ1) is 13.7. The number of hydrogen-bond donors (Lipinski definition) is 1. The molecule has 0 heterocycles. The van der Waals surface area contributed by atoms with Gasteiger partial charge in [0, 0.05) is 17.6 Å². The van der Waals surface area contributed by atoms with Crippen molar-refractivity contribution in [1.29, 1.82) is 0 Å². The molecule has 0 bridgehead atoms. The van der Waals surface area contributed by atoms with Crippen LogP contribution in [0.1, 0.15) is 11.1 Å². The Labute approximate surface area is 123 Å². The van der Waals surface area contributed by atoms with Crippen molar-refractivity contribution in [2.45, 2.75) is 13.1 Å². The maximum atomic E-state index is 13.1. The molecule has 1 N–H and O–H groups in total. The van der Waals surface area contributed by atoms with Crippen LogP contribution in [-0.4, -0.2) is 0 Å². The molecular weight excluding hydrogens is 361 g/mol. The average Bonchev–Trinajstić information content (AvgIpc) is 2.36. The summed E-state index contributed by atoms with van der Waals surface area (Å²) in [4.78, 5) is 0. The van der Waals surface area contributed by atoms with E-state index in [9.17, 15) is 4.39 Å². The summed E-state index contributed by atoms with van der Waals surface area (Å²) in [5.41, 5.74) is 2.26. The number of halogens is 3. The predicted octanol–water partition coefficient (Wildman–Crippen LogP) is 4.64. The highest BCUT2D eigenvalue weighted by atomic mass is 79.9. The summed E-state index contributed by atoms with van der Waals surface area (Å²) in [5.74, 6) is -0.232. The molecule has 0 unspecified atom stereocenters. The quantitative estimate of drug-likeness (QED) is 0.824. The van der Waals surface area contributed by atoms with Gasteiger partial charge in [-0.3, -0.25) is 0 Å². The lowest BCUT2D eigenvalue weighted by Gasteiger charge is -2.07. The molecule has 0 saturated heterocycles. The Kier molecular flexibility index (Phi) is 4.92. The van der Waals surface area contributed by atoms with Crippen LogP contribution in [0.15, 0.2) is 51.4 Å². The van der Waals surface area contributed by atoms with Gasteiger partial charge in [-0.15, -0.1) is 0 Å². The van der Waals surface area contributed by atoms with Gasteiger partial charge in [0.1, 0.15) is 5.82 Å². The SMILES string of the molecule is Fc1ccc(CNCc2ccccc2Br)cc1Br. The van der Waals surface area contributed by atoms with Crippen molar-refractivity contribution in [1.82, 2.24) is 5.32 Å². The van der Waals surface area contributed by atoms with E-state index >= 15 is 0 Å². The van der Waals surface area contributed by atoms with Crippen molar-refractivity contribution in [3.8, 4) is 0 Å². The Bertz CT molecular complexity index is 543. The Hall–Kier alpha value is -0.710. The monoisotopic (exact) mass is 371 g/mol. The first-order valence-corrected chi connectivity index (χ1v) is 7.13. The van der Waals surface area contributed by atoms with Crippen molar-refractivity contribution >= 4 is 31.9 Å². The van der Waals surface area contributed by atoms with E-state index in [2.05, 4.69) is 43.2 Å². The van der Waals surface area contributed by atoms with Gasteiger partial charge in [-0.25, -0.2) is 4.39 Å². The fourth-order valence-corrected chi connectivity index (χ4v) is 2.48. The Balaban J connectivity index is 1.92. The summed E-state index contributed by atoms with van der Waals surface area (Å²) in [7, 11) is 0. The predicted molar refractivity (Wildman–Crippen MR) is 78.8 cm³/mol. The van der Waals surface area contributed by atoms with Crippen LogP contribution in [0.25, 0.3) is 0 Å². The summed E-state index contributed by atoms with van der Waals surface area (Å²) in [6.45, 7) is 1.48. The van der Waals surface area contributed by atoms with Crippen molar-refractivity contribution in [3.63, 3.8) is 0 Å². The molecule has 2 aromatic carbocycles. The summed E-state index contributed by atoms with van der Waals surface area (Å²) in [6.07, 6.45) is 0. The third-order valence-electron chi connectivity index (χ3n) is 2.59. The van der Waals surface area contributed by atoms with Gasteiger partial charge in [-0.2, -0.15) is 0 Å². The minimum atomic E-state index is -0.232. The standard InChI is InChI=1S/C14H12Br2FN/c15-12-4-2-1-3-11(12)9-18-8-10-5-6-14(17)13(16)7-10/h1-7,18H,8-9H2. The zero-order valence-corrected chi connectivity index (χ0v) is 12.8. The lowest BCUT2D eigenvalue weighted by atomic mass is 10.2. The molecule has 0 aliphatic rings. The highest BCUT2D eigenvalue weighted by Crippen LogP contribution is 2.18. The number of nitrogens with one attached hydrogen (secondary N) is 1. The van der Waals surface area contributed by atoms with E-state index in [1.165, 1.54) is 11.6 Å². The van der Waals surface area contributed by atoms with E-state index in [0.29, 0.717) is 11.0 Å². The molecule has 0 aromatic heterocycles. The Morgan fingerprint density at radius 3 is 2.44 bits per heavy atom. The van der Waals surface area contributed by atoms with Gasteiger partial charge in [0.2, 0.25) is 0 Å². The number of hydrogen-bond acceptors (Lipinski definition) is 1. The van der Waals surface area contributed by atoms with Gasteiger partial charge in [0.05, 0.1) is 4.47 Å². The second-order valence-electron chi connectivity index (χ2n) is 3.94. The number of rotatable bonds is 4. The lowest BCUT2D eigenvalue weighted by Crippen LogP contribution is -2.13. The van der Waals surface area contributed by atoms with Gasteiger partial charge in [0.15, 0.2) is 0 Å². The molecule has 1 nitrogen and oxygen atoms in total. The minimum Gasteiger partial charge on any atom is -0.309 e. The highest BCUT2D eigenvalue weighted by Gasteiger charge is 2.01. The van der Waals surface area contributed by atoms with Crippen LogP contribution < -0.4 is 5.32 Å². The topological polar surface area (TPSA) is 12.0 Å². The van der Waals surface area contributed by atoms with Gasteiger partial charge in [-0.1, -0.05) is 40.2 Å². The molecule has 4 heteroatoms. The van der Waals surface area contributed by atoms with Gasteiger partial charge < -0.3 is 5.32 Å². The molecule has 0 spiro atoms. The van der Waals surface area contributed by atoms with Gasteiger partial charge in [-0.05, 0) is 45.3 Å². The zero-order chi connectivity index (χ0) is 13.0. The van der Waals surface area contributed by atoms with E-state index in [1.54, 1.807) is 12.1 Å². The second kappa shape index (κ2) is 6.45. The normalized spacial score (nSPS) is 10.6. The summed E-state index contributed by atoms with van der Waals surface area (Å²) >= 11 is 6.69. The summed E-state index contributed by atoms with van der Waals surface area (Å²) < 4.78 is 14.7. The molecular formula is C14H12Br2FN. The maximum absolute atomic E-state index is 13.1. The van der Waals surface area contributed by atoms with E-state index in [-0.39, 0.29) is 5.82 Å². The molecule has 0 radical (unpaired) electrons. The maximum Gasteiger partial charge on any atom is 0.137 e. The number of benzene rings is 2. The third kappa shape index (κ3) is 3.64. The molecule has 0 saturated carbocycles. The van der Waals surface area contributed by atoms with Gasteiger partial charge >= 0.3 is 0 Å². The Morgan fingerprint density at radius 2 is 1.72 bits per heavy atom. The summed E-state index contributed by atoms with van der Waals surface area (Å²) in [5, 5.41) is 3.33. The molecule has 2 aromatic rings. The molecule has 18 heavy (non-hydrogen) atoms. The zero-order valence-electron chi connectivity index (χ0n) is 9.59. The molecule has 2 rings (SSSR count). The van der Waals surface area contributed by atoms with Crippen LogP contribution in [-0.2, 0) is 13.1 Å². The largest absolute Gasteiger partial charge is 0.309 e. The lowest BCUT2D eigenvalue weighted by molar-refractivity contribution is 0.618. The van der Waals surface area contributed by atoms with Crippen LogP contribution >= 0.6 is 31.9 Å². The molecule has 0 aliphatic carbocycles. The van der Waals surface area contributed by atoms with Crippen molar-refractivity contribution < 1.29 is 4.39 Å². The first-order valence-electron chi connectivity index (χ1n) is 5.55. The van der Waals surface area contributed by atoms with E-state index in [1.807, 2.05) is 18.2 Å². The van der Waals surface area contributed by atoms with Crippen molar-refractivity contribution in [3.05, 3.63) is 68.4 Å². The fourth-order valence-electron chi connectivity index (χ4n) is 1.63. The molecule has 0 atom stereocenters. The van der Waals surface area contributed by atoms with Crippen LogP contribution in [0.5, 0.6) is 0 Å². The van der Waals surface area contributed by atoms with Gasteiger partial charge in [0.25, 0.3) is 0 Å². The average molecular weight is 373 g/mol. The molecule has 0 aliphatic heterocycles. The minimum absolute atomic E-state index is 0.232. The van der Waals surface area contributed by atoms with Crippen LogP contribution in [0, 0.1) is 5.82 Å². The highest BCUT2D eigenvalue weighted by molar-refractivity contribution is 9.10. The van der Waals surface area contributed by atoms with Crippen LogP contribution in [0.4, 0.5) is 4.39 Å². The van der Waals surface area contributed by atoms with Crippen molar-refractivity contribution in [2.24, 2.45) is 0 Å². The Morgan fingerprint density at radius 1 is 0.944 bits per heavy atom. The molecule has 94 valence electrons. The molecule has 0 amide bonds. The summed E-state index contributed by atoms with van der Waals surface area (Å²) in [6, 6.07) is 13.1. The smallest absolute Gasteiger partial charge is 0.137 e. The first-order chi connectivity index (χ1) is 8.66. The molecule has 0 fully saturated rings. The fraction of sp³-hybridized carbons (Fsp3) is 0.143. The van der Waals surface area contributed by atoms with Crippen molar-refractivity contribution in [2.75, 3.05) is 0 Å².